The lowest BCUT2D eigenvalue weighted by atomic mass is 10.0. The number of ether oxygens (including phenoxy) is 2. The molecule has 0 spiro atoms. The quantitative estimate of drug-likeness (QED) is 0.870. The van der Waals surface area contributed by atoms with Crippen LogP contribution < -0.4 is 10.1 Å². The number of carbonyl (C=O) groups excluding carboxylic acids is 1. The molecule has 2 fully saturated rings. The van der Waals surface area contributed by atoms with Crippen LogP contribution in [0.2, 0.25) is 0 Å². The lowest BCUT2D eigenvalue weighted by Gasteiger charge is -2.35. The van der Waals surface area contributed by atoms with Gasteiger partial charge in [0.25, 0.3) is 0 Å². The Hall–Kier alpha value is -1.59. The number of hydrogen-bond donors (Lipinski definition) is 1. The first-order valence-electron chi connectivity index (χ1n) is 9.05. The molecule has 1 amide bonds. The average molecular weight is 332 g/mol. The number of carbonyl (C=O) groups is 1. The van der Waals surface area contributed by atoms with E-state index in [0.717, 1.165) is 31.7 Å². The molecule has 2 aliphatic rings. The van der Waals surface area contributed by atoms with E-state index in [-0.39, 0.29) is 18.1 Å². The molecule has 2 saturated heterocycles. The molecule has 132 valence electrons. The van der Waals surface area contributed by atoms with Crippen LogP contribution in [0, 0.1) is 0 Å². The van der Waals surface area contributed by atoms with Gasteiger partial charge in [-0.1, -0.05) is 18.6 Å². The van der Waals surface area contributed by atoms with E-state index in [4.69, 9.17) is 9.47 Å². The molecule has 5 heteroatoms. The average Bonchev–Trinajstić information content (AvgIpc) is 3.18. The van der Waals surface area contributed by atoms with Crippen molar-refractivity contribution in [3.63, 3.8) is 0 Å². The second-order valence-corrected chi connectivity index (χ2v) is 6.63. The number of nitrogens with one attached hydrogen (secondary N) is 1. The van der Waals surface area contributed by atoms with E-state index in [1.165, 1.54) is 24.8 Å². The number of nitrogens with zero attached hydrogens (tertiary/aromatic N) is 1. The highest BCUT2D eigenvalue weighted by Crippen LogP contribution is 2.26. The van der Waals surface area contributed by atoms with E-state index < -0.39 is 0 Å². The zero-order valence-electron chi connectivity index (χ0n) is 14.5. The molecule has 0 aromatic heterocycles. The first-order valence-corrected chi connectivity index (χ1v) is 9.05. The highest BCUT2D eigenvalue weighted by Gasteiger charge is 2.27. The zero-order valence-corrected chi connectivity index (χ0v) is 14.5. The summed E-state index contributed by atoms with van der Waals surface area (Å²) in [5, 5.41) is 3.11. The number of benzene rings is 1. The van der Waals surface area contributed by atoms with Gasteiger partial charge in [0, 0.05) is 13.2 Å². The van der Waals surface area contributed by atoms with E-state index in [2.05, 4.69) is 22.3 Å². The second kappa shape index (κ2) is 8.49. The summed E-state index contributed by atoms with van der Waals surface area (Å²) in [6, 6.07) is 8.41. The molecule has 3 rings (SSSR count). The standard InChI is InChI=1S/C19H28N2O3/c1-23-16-9-7-15(8-10-16)17(21-11-3-2-4-12-21)14-20-19(22)18-6-5-13-24-18/h7-10,17-18H,2-6,11-14H2,1H3,(H,20,22). The van der Waals surface area contributed by atoms with Crippen LogP contribution in [0.5, 0.6) is 5.75 Å². The number of piperidine rings is 1. The van der Waals surface area contributed by atoms with Gasteiger partial charge >= 0.3 is 0 Å². The van der Waals surface area contributed by atoms with Crippen molar-refractivity contribution in [2.45, 2.75) is 44.2 Å². The minimum absolute atomic E-state index is 0.0306. The summed E-state index contributed by atoms with van der Waals surface area (Å²) in [6.07, 6.45) is 5.31. The molecular weight excluding hydrogens is 304 g/mol. The molecule has 24 heavy (non-hydrogen) atoms. The molecule has 2 heterocycles. The summed E-state index contributed by atoms with van der Waals surface area (Å²) in [5.41, 5.74) is 1.23. The normalized spacial score (nSPS) is 23.0. The van der Waals surface area contributed by atoms with Gasteiger partial charge in [0.1, 0.15) is 11.9 Å². The number of methoxy groups -OCH3 is 1. The Kier molecular flexibility index (Phi) is 6.10. The minimum Gasteiger partial charge on any atom is -0.497 e. The maximum absolute atomic E-state index is 12.3. The molecule has 2 aliphatic heterocycles. The van der Waals surface area contributed by atoms with Gasteiger partial charge in [-0.05, 0) is 56.5 Å². The fourth-order valence-corrected chi connectivity index (χ4v) is 3.61. The lowest BCUT2D eigenvalue weighted by molar-refractivity contribution is -0.130. The van der Waals surface area contributed by atoms with E-state index in [0.29, 0.717) is 13.2 Å². The van der Waals surface area contributed by atoms with E-state index >= 15 is 0 Å². The zero-order chi connectivity index (χ0) is 16.8. The van der Waals surface area contributed by atoms with Crippen LogP contribution in [-0.4, -0.2) is 50.3 Å². The Bertz CT molecular complexity index is 520. The van der Waals surface area contributed by atoms with Gasteiger partial charge in [0.15, 0.2) is 0 Å². The summed E-state index contributed by atoms with van der Waals surface area (Å²) in [5.74, 6) is 0.891. The second-order valence-electron chi connectivity index (χ2n) is 6.63. The number of amides is 1. The van der Waals surface area contributed by atoms with E-state index in [1.54, 1.807) is 7.11 Å². The summed E-state index contributed by atoms with van der Waals surface area (Å²) in [6.45, 7) is 3.51. The van der Waals surface area contributed by atoms with Crippen LogP contribution in [0.15, 0.2) is 24.3 Å². The van der Waals surface area contributed by atoms with Gasteiger partial charge in [-0.3, -0.25) is 9.69 Å². The van der Waals surface area contributed by atoms with Gasteiger partial charge < -0.3 is 14.8 Å². The summed E-state index contributed by atoms with van der Waals surface area (Å²) in [7, 11) is 1.68. The van der Waals surface area contributed by atoms with Gasteiger partial charge in [-0.15, -0.1) is 0 Å². The van der Waals surface area contributed by atoms with Crippen LogP contribution in [0.1, 0.15) is 43.7 Å². The van der Waals surface area contributed by atoms with Crippen molar-refractivity contribution in [3.8, 4) is 5.75 Å². The van der Waals surface area contributed by atoms with Gasteiger partial charge in [0.05, 0.1) is 13.2 Å². The molecule has 2 unspecified atom stereocenters. The maximum Gasteiger partial charge on any atom is 0.249 e. The molecule has 0 radical (unpaired) electrons. The van der Waals surface area contributed by atoms with Gasteiger partial charge in [-0.2, -0.15) is 0 Å². The van der Waals surface area contributed by atoms with Gasteiger partial charge in [0.2, 0.25) is 5.91 Å². The molecule has 0 bridgehead atoms. The van der Waals surface area contributed by atoms with Crippen molar-refractivity contribution in [2.24, 2.45) is 0 Å². The summed E-state index contributed by atoms with van der Waals surface area (Å²) in [4.78, 5) is 14.8. The number of likely N-dealkylation sites (tertiary alicyclic amines) is 1. The topological polar surface area (TPSA) is 50.8 Å². The van der Waals surface area contributed by atoms with Gasteiger partial charge in [-0.25, -0.2) is 0 Å². The molecule has 0 saturated carbocycles. The smallest absolute Gasteiger partial charge is 0.249 e. The van der Waals surface area contributed by atoms with Crippen molar-refractivity contribution < 1.29 is 14.3 Å². The van der Waals surface area contributed by atoms with Crippen LogP contribution in [0.3, 0.4) is 0 Å². The first kappa shape index (κ1) is 17.2. The Morgan fingerprint density at radius 1 is 1.25 bits per heavy atom. The predicted molar refractivity (Wildman–Crippen MR) is 93.1 cm³/mol. The van der Waals surface area contributed by atoms with E-state index in [1.807, 2.05) is 12.1 Å². The highest BCUT2D eigenvalue weighted by atomic mass is 16.5. The number of hydrogen-bond acceptors (Lipinski definition) is 4. The van der Waals surface area contributed by atoms with Crippen molar-refractivity contribution in [3.05, 3.63) is 29.8 Å². The molecular formula is C19H28N2O3. The predicted octanol–water partition coefficient (Wildman–Crippen LogP) is 2.52. The molecule has 0 aliphatic carbocycles. The third-order valence-electron chi connectivity index (χ3n) is 5.02. The monoisotopic (exact) mass is 332 g/mol. The summed E-state index contributed by atoms with van der Waals surface area (Å²) >= 11 is 0. The van der Waals surface area contributed by atoms with Crippen LogP contribution in [-0.2, 0) is 9.53 Å². The molecule has 1 aromatic carbocycles. The van der Waals surface area contributed by atoms with Crippen molar-refractivity contribution in [1.29, 1.82) is 0 Å². The first-order chi connectivity index (χ1) is 11.8. The Labute approximate surface area is 144 Å². The SMILES string of the molecule is COc1ccc(C(CNC(=O)C2CCCO2)N2CCCCC2)cc1. The highest BCUT2D eigenvalue weighted by molar-refractivity contribution is 5.81. The van der Waals surface area contributed by atoms with Crippen LogP contribution in [0.4, 0.5) is 0 Å². The third kappa shape index (κ3) is 4.28. The molecule has 2 atom stereocenters. The largest absolute Gasteiger partial charge is 0.497 e. The fraction of sp³-hybridized carbons (Fsp3) is 0.632. The Balaban J connectivity index is 1.67. The van der Waals surface area contributed by atoms with E-state index in [9.17, 15) is 4.79 Å². The third-order valence-corrected chi connectivity index (χ3v) is 5.02. The Morgan fingerprint density at radius 2 is 2.00 bits per heavy atom. The van der Waals surface area contributed by atoms with Crippen molar-refractivity contribution in [1.82, 2.24) is 10.2 Å². The molecule has 1 N–H and O–H groups in total. The van der Waals surface area contributed by atoms with Crippen LogP contribution in [0.25, 0.3) is 0 Å². The summed E-state index contributed by atoms with van der Waals surface area (Å²) < 4.78 is 10.7. The molecule has 5 nitrogen and oxygen atoms in total. The van der Waals surface area contributed by atoms with Crippen LogP contribution >= 0.6 is 0 Å². The van der Waals surface area contributed by atoms with Crippen molar-refractivity contribution in [2.75, 3.05) is 33.4 Å². The minimum atomic E-state index is -0.261. The number of rotatable bonds is 6. The fourth-order valence-electron chi connectivity index (χ4n) is 3.61. The lowest BCUT2D eigenvalue weighted by Crippen LogP contribution is -2.43. The maximum atomic E-state index is 12.3. The molecule has 1 aromatic rings. The van der Waals surface area contributed by atoms with Crippen molar-refractivity contribution >= 4 is 5.91 Å². The Morgan fingerprint density at radius 3 is 2.62 bits per heavy atom.